The SMILES string of the molecule is C[C@H](CO)N1C(=O)[C@H]2[C@@H]3C(=O)O[C@H](c4ccccc4)[C@@H](C)NC(=O)CC/C=C\CN(Cn4nnc5ccccc54)C(=O)[C@H]1[C@@]21C=C(Br)[C@@H]3O1. The van der Waals surface area contributed by atoms with Gasteiger partial charge in [0.15, 0.2) is 0 Å². The summed E-state index contributed by atoms with van der Waals surface area (Å²) in [6, 6.07) is 13.9. The van der Waals surface area contributed by atoms with Gasteiger partial charge in [-0.1, -0.05) is 75.8 Å². The molecule has 3 aromatic rings. The Morgan fingerprint density at radius 1 is 1.04 bits per heavy atom. The molecule has 4 aliphatic heterocycles. The number of hydrogen-bond donors (Lipinski definition) is 2. The van der Waals surface area contributed by atoms with Crippen molar-refractivity contribution in [3.8, 4) is 0 Å². The van der Waals surface area contributed by atoms with Crippen LogP contribution >= 0.6 is 15.9 Å². The summed E-state index contributed by atoms with van der Waals surface area (Å²) < 4.78 is 14.9. The Bertz CT molecular complexity index is 1850. The normalized spacial score (nSPS) is 31.8. The molecule has 2 aromatic carbocycles. The second kappa shape index (κ2) is 13.1. The molecule has 5 bridgehead atoms. The number of allylic oxidation sites excluding steroid dienone is 1. The molecule has 0 unspecified atom stereocenters. The van der Waals surface area contributed by atoms with Crippen LogP contribution in [0.5, 0.6) is 0 Å². The van der Waals surface area contributed by atoms with Crippen molar-refractivity contribution in [2.24, 2.45) is 11.8 Å². The molecule has 49 heavy (non-hydrogen) atoms. The van der Waals surface area contributed by atoms with E-state index in [9.17, 15) is 24.3 Å². The number of nitrogens with one attached hydrogen (secondary N) is 1. The van der Waals surface area contributed by atoms with E-state index in [4.69, 9.17) is 9.47 Å². The highest BCUT2D eigenvalue weighted by Gasteiger charge is 2.75. The number of nitrogens with zero attached hydrogens (tertiary/aromatic N) is 5. The summed E-state index contributed by atoms with van der Waals surface area (Å²) >= 11 is 3.58. The molecule has 1 aromatic heterocycles. The minimum atomic E-state index is -1.52. The number of para-hydroxylation sites is 1. The van der Waals surface area contributed by atoms with Crippen LogP contribution in [0.1, 0.15) is 38.4 Å². The molecule has 0 aliphatic carbocycles. The van der Waals surface area contributed by atoms with Gasteiger partial charge in [0.05, 0.1) is 30.1 Å². The lowest BCUT2D eigenvalue weighted by Gasteiger charge is -2.37. The Labute approximate surface area is 291 Å². The van der Waals surface area contributed by atoms with Crippen LogP contribution in [0.3, 0.4) is 0 Å². The monoisotopic (exact) mass is 732 g/mol. The van der Waals surface area contributed by atoms with Crippen LogP contribution in [0.15, 0.2) is 77.3 Å². The quantitative estimate of drug-likeness (QED) is 0.298. The van der Waals surface area contributed by atoms with E-state index >= 15 is 0 Å². The Morgan fingerprint density at radius 2 is 1.80 bits per heavy atom. The minimum absolute atomic E-state index is 0.00694. The highest BCUT2D eigenvalue weighted by Crippen LogP contribution is 2.59. The highest BCUT2D eigenvalue weighted by atomic mass is 79.9. The van der Waals surface area contributed by atoms with E-state index in [1.54, 1.807) is 35.6 Å². The molecule has 0 radical (unpaired) electrons. The maximum Gasteiger partial charge on any atom is 0.313 e. The number of aliphatic hydroxyl groups excluding tert-OH is 1. The summed E-state index contributed by atoms with van der Waals surface area (Å²) in [5, 5.41) is 21.8. The van der Waals surface area contributed by atoms with Crippen LogP contribution in [-0.2, 0) is 35.3 Å². The number of carbonyl (C=O) groups is 4. The van der Waals surface area contributed by atoms with E-state index in [1.165, 1.54) is 4.90 Å². The third-order valence-electron chi connectivity index (χ3n) is 9.89. The molecule has 2 fully saturated rings. The molecule has 3 amide bonds. The molecule has 14 heteroatoms. The standard InChI is InChI=1S/C35H37BrN6O7/c1-20(18-43)42-31-33(46)40(19-41-25-14-9-8-13-24(25)38-39-41)16-10-4-7-15-26(44)37-21(2)29(22-11-5-3-6-12-22)48-34(47)27-28(32(42)45)35(31)17-23(36)30(27)49-35/h3-6,8-14,17,20-21,27-31,43H,7,15-16,18-19H2,1-2H3,(H,37,44)/b10-4-/t20-,21-,27+,28-,29+,30+,31+,35-/m1/s1. The van der Waals surface area contributed by atoms with E-state index in [2.05, 4.69) is 31.6 Å². The van der Waals surface area contributed by atoms with Gasteiger partial charge in [-0.05, 0) is 44.0 Å². The summed E-state index contributed by atoms with van der Waals surface area (Å²) in [5.41, 5.74) is 0.519. The van der Waals surface area contributed by atoms with Crippen LogP contribution in [0, 0.1) is 11.8 Å². The first-order valence-corrected chi connectivity index (χ1v) is 17.2. The molecule has 13 nitrogen and oxygen atoms in total. The van der Waals surface area contributed by atoms with Crippen molar-refractivity contribution in [2.45, 2.75) is 69.3 Å². The molecule has 1 spiro atoms. The van der Waals surface area contributed by atoms with Crippen molar-refractivity contribution in [3.63, 3.8) is 0 Å². The van der Waals surface area contributed by atoms with Crippen molar-refractivity contribution in [2.75, 3.05) is 13.2 Å². The van der Waals surface area contributed by atoms with Gasteiger partial charge in [0.25, 0.3) is 5.91 Å². The van der Waals surface area contributed by atoms with Crippen LogP contribution in [0.25, 0.3) is 11.0 Å². The van der Waals surface area contributed by atoms with Gasteiger partial charge in [-0.25, -0.2) is 4.68 Å². The Balaban J connectivity index is 1.33. The zero-order valence-electron chi connectivity index (χ0n) is 27.0. The van der Waals surface area contributed by atoms with Crippen molar-refractivity contribution < 1.29 is 33.8 Å². The van der Waals surface area contributed by atoms with Gasteiger partial charge in [-0.2, -0.15) is 0 Å². The van der Waals surface area contributed by atoms with Crippen molar-refractivity contribution in [1.29, 1.82) is 0 Å². The Morgan fingerprint density at radius 3 is 2.57 bits per heavy atom. The summed E-state index contributed by atoms with van der Waals surface area (Å²) in [4.78, 5) is 59.7. The minimum Gasteiger partial charge on any atom is -0.455 e. The fraction of sp³-hybridized carbons (Fsp3) is 0.429. The van der Waals surface area contributed by atoms with Crippen LogP contribution in [0.2, 0.25) is 0 Å². The highest BCUT2D eigenvalue weighted by molar-refractivity contribution is 9.11. The smallest absolute Gasteiger partial charge is 0.313 e. The maximum atomic E-state index is 14.9. The number of hydrogen-bond acceptors (Lipinski definition) is 9. The first-order chi connectivity index (χ1) is 23.6. The molecule has 2 N–H and O–H groups in total. The first-order valence-electron chi connectivity index (χ1n) is 16.4. The summed E-state index contributed by atoms with van der Waals surface area (Å²) in [6.07, 6.45) is 4.19. The summed E-state index contributed by atoms with van der Waals surface area (Å²) in [7, 11) is 0. The number of halogens is 1. The molecule has 2 saturated heterocycles. The van der Waals surface area contributed by atoms with Crippen LogP contribution < -0.4 is 5.32 Å². The number of rotatable bonds is 5. The summed E-state index contributed by atoms with van der Waals surface area (Å²) in [5.74, 6) is -4.06. The van der Waals surface area contributed by atoms with Crippen molar-refractivity contribution >= 4 is 50.7 Å². The number of carbonyl (C=O) groups excluding carboxylic acids is 4. The number of likely N-dealkylation sites (tertiary alicyclic amines) is 1. The molecule has 8 atom stereocenters. The lowest BCUT2D eigenvalue weighted by Crippen LogP contribution is -2.58. The molecule has 0 saturated carbocycles. The number of benzene rings is 2. The van der Waals surface area contributed by atoms with Crippen molar-refractivity contribution in [3.05, 3.63) is 82.9 Å². The largest absolute Gasteiger partial charge is 0.455 e. The van der Waals surface area contributed by atoms with Gasteiger partial charge < -0.3 is 29.7 Å². The van der Waals surface area contributed by atoms with E-state index in [1.807, 2.05) is 60.7 Å². The molecular weight excluding hydrogens is 696 g/mol. The van der Waals surface area contributed by atoms with E-state index in [0.717, 1.165) is 0 Å². The zero-order chi connectivity index (χ0) is 34.4. The zero-order valence-corrected chi connectivity index (χ0v) is 28.6. The fourth-order valence-corrected chi connectivity index (χ4v) is 8.32. The number of aliphatic hydroxyl groups is 1. The second-order valence-electron chi connectivity index (χ2n) is 13.0. The fourth-order valence-electron chi connectivity index (χ4n) is 7.58. The second-order valence-corrected chi connectivity index (χ2v) is 13.9. The number of aromatic nitrogens is 3. The van der Waals surface area contributed by atoms with E-state index in [-0.39, 0.29) is 25.5 Å². The third kappa shape index (κ3) is 5.65. The first kappa shape index (κ1) is 33.1. The number of cyclic esters (lactones) is 1. The van der Waals surface area contributed by atoms with Gasteiger partial charge in [0, 0.05) is 17.4 Å². The van der Waals surface area contributed by atoms with Gasteiger partial charge in [0.1, 0.15) is 42.0 Å². The lowest BCUT2D eigenvalue weighted by atomic mass is 9.74. The molecule has 256 valence electrons. The molecule has 5 heterocycles. The average Bonchev–Trinajstić information content (AvgIpc) is 3.82. The Hall–Kier alpha value is -4.40. The maximum absolute atomic E-state index is 14.9. The van der Waals surface area contributed by atoms with E-state index < -0.39 is 72.2 Å². The van der Waals surface area contributed by atoms with Gasteiger partial charge in [0.2, 0.25) is 11.8 Å². The van der Waals surface area contributed by atoms with Gasteiger partial charge in [-0.3, -0.25) is 19.2 Å². The average molecular weight is 734 g/mol. The van der Waals surface area contributed by atoms with Crippen LogP contribution in [0.4, 0.5) is 0 Å². The molecular formula is C35H37BrN6O7. The number of fused-ring (bicyclic) bond motifs is 3. The predicted octanol–water partition coefficient (Wildman–Crippen LogP) is 2.61. The van der Waals surface area contributed by atoms with Crippen molar-refractivity contribution in [1.82, 2.24) is 30.1 Å². The predicted molar refractivity (Wildman–Crippen MR) is 179 cm³/mol. The number of amides is 3. The molecule has 4 aliphatic rings. The van der Waals surface area contributed by atoms with Gasteiger partial charge in [-0.15, -0.1) is 5.10 Å². The number of ether oxygens (including phenoxy) is 2. The van der Waals surface area contributed by atoms with Gasteiger partial charge >= 0.3 is 5.97 Å². The summed E-state index contributed by atoms with van der Waals surface area (Å²) in [6.45, 7) is 3.13. The van der Waals surface area contributed by atoms with E-state index in [0.29, 0.717) is 27.5 Å². The van der Waals surface area contributed by atoms with Crippen LogP contribution in [-0.4, -0.2) is 96.6 Å². The topological polar surface area (TPSA) is 156 Å². The molecule has 7 rings (SSSR count). The number of esters is 1. The Kier molecular flexibility index (Phi) is 8.88. The lowest BCUT2D eigenvalue weighted by molar-refractivity contribution is -0.162. The third-order valence-corrected chi connectivity index (χ3v) is 10.6.